The molecule has 0 saturated heterocycles. The zero-order chi connectivity index (χ0) is 13.2. The summed E-state index contributed by atoms with van der Waals surface area (Å²) in [7, 11) is -4.03. The van der Waals surface area contributed by atoms with Gasteiger partial charge in [-0.15, -0.1) is 0 Å². The number of aliphatic carboxylic acids is 1. The largest absolute Gasteiger partial charge is 0.480 e. The summed E-state index contributed by atoms with van der Waals surface area (Å²) in [5, 5.41) is 18.8. The van der Waals surface area contributed by atoms with Crippen LogP contribution in [0.1, 0.15) is 0 Å². The number of nitrogens with zero attached hydrogens (tertiary/aromatic N) is 1. The number of benzene rings is 1. The first-order valence-electron chi connectivity index (χ1n) is 4.22. The molecule has 0 amide bonds. The fourth-order valence-electron chi connectivity index (χ4n) is 1.14. The Morgan fingerprint density at radius 2 is 2.06 bits per heavy atom. The molecule has 0 radical (unpaired) electrons. The maximum Gasteiger partial charge on any atom is 0.319 e. The summed E-state index contributed by atoms with van der Waals surface area (Å²) in [6.45, 7) is 0. The lowest BCUT2D eigenvalue weighted by Crippen LogP contribution is -2.15. The first kappa shape index (κ1) is 12.9. The molecule has 1 aromatic rings. The van der Waals surface area contributed by atoms with Crippen LogP contribution in [-0.4, -0.2) is 30.2 Å². The lowest BCUT2D eigenvalue weighted by Gasteiger charge is -2.03. The van der Waals surface area contributed by atoms with E-state index in [0.717, 1.165) is 18.2 Å². The van der Waals surface area contributed by atoms with E-state index in [9.17, 15) is 23.3 Å². The van der Waals surface area contributed by atoms with Gasteiger partial charge in [-0.25, -0.2) is 8.42 Å². The van der Waals surface area contributed by atoms with Crippen LogP contribution in [0.25, 0.3) is 0 Å². The molecule has 92 valence electrons. The summed E-state index contributed by atoms with van der Waals surface area (Å²) in [4.78, 5) is 19.7. The van der Waals surface area contributed by atoms with Gasteiger partial charge >= 0.3 is 5.97 Å². The topological polar surface area (TPSA) is 141 Å². The molecule has 0 aliphatic rings. The summed E-state index contributed by atoms with van der Waals surface area (Å²) >= 11 is 0. The van der Waals surface area contributed by atoms with Crippen LogP contribution in [0.4, 0.5) is 11.4 Å². The highest BCUT2D eigenvalue weighted by molar-refractivity contribution is 7.92. The van der Waals surface area contributed by atoms with Crippen LogP contribution in [0.3, 0.4) is 0 Å². The van der Waals surface area contributed by atoms with Crippen LogP contribution in [0.2, 0.25) is 0 Å². The molecule has 17 heavy (non-hydrogen) atoms. The van der Waals surface area contributed by atoms with E-state index in [1.54, 1.807) is 0 Å². The first-order valence-corrected chi connectivity index (χ1v) is 5.88. The van der Waals surface area contributed by atoms with E-state index in [1.165, 1.54) is 0 Å². The third kappa shape index (κ3) is 2.91. The summed E-state index contributed by atoms with van der Waals surface area (Å²) in [6.07, 6.45) is 0. The van der Waals surface area contributed by atoms with Crippen molar-refractivity contribution in [3.8, 4) is 0 Å². The molecule has 0 aliphatic heterocycles. The summed E-state index contributed by atoms with van der Waals surface area (Å²) in [5.74, 6) is -2.61. The van der Waals surface area contributed by atoms with Gasteiger partial charge in [-0.3, -0.25) is 14.9 Å². The first-order chi connectivity index (χ1) is 7.74. The number of carbonyl (C=O) groups is 1. The second-order valence-electron chi connectivity index (χ2n) is 3.13. The number of nitro benzene ring substituents is 1. The van der Waals surface area contributed by atoms with E-state index in [2.05, 4.69) is 0 Å². The van der Waals surface area contributed by atoms with E-state index >= 15 is 0 Å². The minimum Gasteiger partial charge on any atom is -0.480 e. The van der Waals surface area contributed by atoms with Gasteiger partial charge < -0.3 is 10.8 Å². The van der Waals surface area contributed by atoms with Crippen molar-refractivity contribution in [2.24, 2.45) is 0 Å². The van der Waals surface area contributed by atoms with Gasteiger partial charge in [0.1, 0.15) is 5.69 Å². The molecule has 0 heterocycles. The number of nitrogen functional groups attached to an aromatic ring is 1. The lowest BCUT2D eigenvalue weighted by atomic mass is 10.3. The molecule has 0 aromatic heterocycles. The molecular formula is C8H8N2O6S. The van der Waals surface area contributed by atoms with Gasteiger partial charge in [0.2, 0.25) is 0 Å². The normalized spacial score (nSPS) is 11.1. The summed E-state index contributed by atoms with van der Waals surface area (Å²) in [5.41, 5.74) is 4.53. The third-order valence-electron chi connectivity index (χ3n) is 1.87. The van der Waals surface area contributed by atoms with Gasteiger partial charge in [-0.2, -0.15) is 0 Å². The maximum atomic E-state index is 11.5. The SMILES string of the molecule is Nc1cc(S(=O)(=O)CC(=O)O)ccc1[N+](=O)[O-]. The van der Waals surface area contributed by atoms with Crippen molar-refractivity contribution in [2.75, 3.05) is 11.5 Å². The van der Waals surface area contributed by atoms with E-state index in [1.807, 2.05) is 0 Å². The zero-order valence-electron chi connectivity index (χ0n) is 8.36. The second-order valence-corrected chi connectivity index (χ2v) is 5.12. The fraction of sp³-hybridized carbons (Fsp3) is 0.125. The molecule has 0 spiro atoms. The molecule has 0 unspecified atom stereocenters. The Kier molecular flexibility index (Phi) is 3.32. The standard InChI is InChI=1S/C8H8N2O6S/c9-6-3-5(1-2-7(6)10(13)14)17(15,16)4-8(11)12/h1-3H,4,9H2,(H,11,12). The van der Waals surface area contributed by atoms with Crippen LogP contribution >= 0.6 is 0 Å². The molecule has 3 N–H and O–H groups in total. The Bertz CT molecular complexity index is 580. The molecule has 0 bridgehead atoms. The van der Waals surface area contributed by atoms with Gasteiger partial charge in [0, 0.05) is 6.07 Å². The van der Waals surface area contributed by atoms with Crippen LogP contribution in [0, 0.1) is 10.1 Å². The number of carboxylic acids is 1. The minimum absolute atomic E-state index is 0.332. The quantitative estimate of drug-likeness (QED) is 0.442. The predicted octanol–water partition coefficient (Wildman–Crippen LogP) is 0.0353. The smallest absolute Gasteiger partial charge is 0.319 e. The molecule has 0 atom stereocenters. The van der Waals surface area contributed by atoms with Gasteiger partial charge in [0.05, 0.1) is 9.82 Å². The minimum atomic E-state index is -4.03. The van der Waals surface area contributed by atoms with E-state index in [4.69, 9.17) is 10.8 Å². The predicted molar refractivity (Wildman–Crippen MR) is 57.2 cm³/mol. The number of anilines is 1. The highest BCUT2D eigenvalue weighted by atomic mass is 32.2. The van der Waals surface area contributed by atoms with Crippen molar-refractivity contribution in [1.29, 1.82) is 0 Å². The van der Waals surface area contributed by atoms with E-state index in [-0.39, 0.29) is 10.6 Å². The van der Waals surface area contributed by atoms with Crippen LogP contribution in [0.15, 0.2) is 23.1 Å². The molecule has 0 aliphatic carbocycles. The Balaban J connectivity index is 3.23. The van der Waals surface area contributed by atoms with Crippen molar-refractivity contribution in [2.45, 2.75) is 4.90 Å². The van der Waals surface area contributed by atoms with Crippen molar-refractivity contribution >= 4 is 27.2 Å². The maximum absolute atomic E-state index is 11.5. The monoisotopic (exact) mass is 260 g/mol. The number of carboxylic acid groups (broad SMARTS) is 1. The van der Waals surface area contributed by atoms with Crippen LogP contribution < -0.4 is 5.73 Å². The lowest BCUT2D eigenvalue weighted by molar-refractivity contribution is -0.383. The zero-order valence-corrected chi connectivity index (χ0v) is 9.18. The number of hydrogen-bond acceptors (Lipinski definition) is 6. The Labute approximate surface area is 95.7 Å². The molecule has 1 aromatic carbocycles. The second kappa shape index (κ2) is 4.37. The van der Waals surface area contributed by atoms with Gasteiger partial charge in [0.15, 0.2) is 15.6 Å². The van der Waals surface area contributed by atoms with Crippen molar-refractivity contribution in [3.63, 3.8) is 0 Å². The molecule has 1 rings (SSSR count). The third-order valence-corrected chi connectivity index (χ3v) is 3.47. The highest BCUT2D eigenvalue weighted by Crippen LogP contribution is 2.24. The van der Waals surface area contributed by atoms with Gasteiger partial charge in [0.25, 0.3) is 5.69 Å². The molecule has 9 heteroatoms. The van der Waals surface area contributed by atoms with Gasteiger partial charge in [-0.05, 0) is 12.1 Å². The van der Waals surface area contributed by atoms with Gasteiger partial charge in [-0.1, -0.05) is 0 Å². The van der Waals surface area contributed by atoms with Crippen LogP contribution in [-0.2, 0) is 14.6 Å². The Morgan fingerprint density at radius 3 is 2.47 bits per heavy atom. The van der Waals surface area contributed by atoms with Crippen molar-refractivity contribution in [3.05, 3.63) is 28.3 Å². The Morgan fingerprint density at radius 1 is 1.47 bits per heavy atom. The molecule has 0 saturated carbocycles. The van der Waals surface area contributed by atoms with E-state index in [0.29, 0.717) is 0 Å². The number of rotatable bonds is 4. The average molecular weight is 260 g/mol. The number of nitro groups is 1. The highest BCUT2D eigenvalue weighted by Gasteiger charge is 2.21. The average Bonchev–Trinajstić information content (AvgIpc) is 2.14. The number of hydrogen-bond donors (Lipinski definition) is 2. The molecule has 8 nitrogen and oxygen atoms in total. The van der Waals surface area contributed by atoms with Crippen LogP contribution in [0.5, 0.6) is 0 Å². The number of sulfone groups is 1. The van der Waals surface area contributed by atoms with Crippen molar-refractivity contribution in [1.82, 2.24) is 0 Å². The summed E-state index contributed by atoms with van der Waals surface area (Å²) in [6, 6.07) is 2.74. The van der Waals surface area contributed by atoms with E-state index < -0.39 is 32.2 Å². The number of nitrogens with two attached hydrogens (primary N) is 1. The summed E-state index contributed by atoms with van der Waals surface area (Å²) < 4.78 is 22.9. The molecular weight excluding hydrogens is 252 g/mol. The van der Waals surface area contributed by atoms with Crippen molar-refractivity contribution < 1.29 is 23.2 Å². The Hall–Kier alpha value is -2.16. The fourth-order valence-corrected chi connectivity index (χ4v) is 2.21. The molecule has 0 fully saturated rings.